The molecule has 11 rings (SSSR count). The topological polar surface area (TPSA) is 9.86 Å². The Morgan fingerprint density at radius 1 is 0.260 bits per heavy atom. The lowest BCUT2D eigenvalue weighted by Gasteiger charge is -2.24. The molecular weight excluding hydrogens is 605 g/mol. The van der Waals surface area contributed by atoms with Crippen LogP contribution in [-0.2, 0) is 0 Å². The van der Waals surface area contributed by atoms with E-state index >= 15 is 0 Å². The van der Waals surface area contributed by atoms with Gasteiger partial charge in [0.05, 0.1) is 63.2 Å². The first kappa shape index (κ1) is 11.2. The quantitative estimate of drug-likeness (QED) is 0.174. The van der Waals surface area contributed by atoms with E-state index in [1.165, 1.54) is 0 Å². The van der Waals surface area contributed by atoms with Crippen LogP contribution in [0.25, 0.3) is 99.5 Å². The number of fused-ring (bicyclic) bond motifs is 14. The molecule has 0 N–H and O–H groups in total. The molecule has 2 heteroatoms. The second-order valence-corrected chi connectivity index (χ2v) is 11.0. The van der Waals surface area contributed by atoms with E-state index in [2.05, 4.69) is 0 Å². The molecule has 232 valence electrons. The van der Waals surface area contributed by atoms with E-state index in [0.717, 1.165) is 0 Å². The summed E-state index contributed by atoms with van der Waals surface area (Å²) in [5, 5.41) is -2.11. The van der Waals surface area contributed by atoms with Gasteiger partial charge in [0.25, 0.3) is 0 Å². The van der Waals surface area contributed by atoms with Crippen molar-refractivity contribution in [2.75, 3.05) is 0 Å². The van der Waals surface area contributed by atoms with Gasteiger partial charge >= 0.3 is 0 Å². The van der Waals surface area contributed by atoms with Gasteiger partial charge in [-0.2, -0.15) is 0 Å². The summed E-state index contributed by atoms with van der Waals surface area (Å²) in [6.45, 7) is 0. The van der Waals surface area contributed by atoms with Crippen LogP contribution in [-0.4, -0.2) is 9.13 Å². The Bertz CT molecular complexity index is 4260. The van der Waals surface area contributed by atoms with Crippen LogP contribution in [0.3, 0.4) is 0 Å². The summed E-state index contributed by atoms with van der Waals surface area (Å²) in [5.74, 6) is 0. The van der Waals surface area contributed by atoms with E-state index in [0.29, 0.717) is 9.13 Å². The molecule has 0 bridgehead atoms. The minimum absolute atomic E-state index is 0.527. The second kappa shape index (κ2) is 10.4. The molecule has 0 spiro atoms. The molecule has 0 saturated carbocycles. The predicted octanol–water partition coefficient (Wildman–Crippen LogP) is 12.9. The third-order valence-electron chi connectivity index (χ3n) is 8.49. The Kier molecular flexibility index (Phi) is 2.34. The van der Waals surface area contributed by atoms with Crippen LogP contribution in [0.2, 0.25) is 0 Å². The molecule has 0 saturated heterocycles. The van der Waals surface area contributed by atoms with Crippen LogP contribution in [0.4, 0.5) is 0 Å². The van der Waals surface area contributed by atoms with Gasteiger partial charge in [-0.1, -0.05) is 133 Å². The van der Waals surface area contributed by atoms with Crippen LogP contribution in [0.15, 0.2) is 181 Å². The van der Waals surface area contributed by atoms with Gasteiger partial charge in [0.15, 0.2) is 0 Å². The first-order valence-corrected chi connectivity index (χ1v) is 14.8. The van der Waals surface area contributed by atoms with E-state index in [4.69, 9.17) is 27.4 Å². The predicted molar refractivity (Wildman–Crippen MR) is 210 cm³/mol. The van der Waals surface area contributed by atoms with Crippen LogP contribution in [0.1, 0.15) is 41.1 Å². The molecule has 10 aromatic rings. The number of aromatic nitrogens is 2. The van der Waals surface area contributed by atoms with E-state index in [1.54, 1.807) is 0 Å². The Balaban J connectivity index is 1.44. The molecule has 0 atom stereocenters. The molecule has 50 heavy (non-hydrogen) atoms. The first-order chi connectivity index (χ1) is 37.3. The van der Waals surface area contributed by atoms with Gasteiger partial charge in [0.2, 0.25) is 0 Å². The lowest BCUT2D eigenvalue weighted by Crippen LogP contribution is -2.01. The zero-order chi connectivity index (χ0) is 58.9. The number of rotatable bonds is 2. The van der Waals surface area contributed by atoms with E-state index in [9.17, 15) is 13.7 Å². The zero-order valence-corrected chi connectivity index (χ0v) is 24.9. The molecular formula is C48H30N2. The van der Waals surface area contributed by atoms with Gasteiger partial charge in [-0.15, -0.1) is 0 Å². The van der Waals surface area contributed by atoms with E-state index in [1.807, 2.05) is 0 Å². The monoisotopic (exact) mass is 664 g/mol. The minimum Gasteiger partial charge on any atom is -0.309 e. The highest BCUT2D eigenvalue weighted by Gasteiger charge is 2.24. The lowest BCUT2D eigenvalue weighted by atomic mass is 9.80. The fourth-order valence-corrected chi connectivity index (χ4v) is 6.43. The van der Waals surface area contributed by atoms with Crippen molar-refractivity contribution in [2.24, 2.45) is 0 Å². The van der Waals surface area contributed by atoms with E-state index < -0.39 is 281 Å². The summed E-state index contributed by atoms with van der Waals surface area (Å²) < 4.78 is 277. The average Bonchev–Trinajstić information content (AvgIpc) is 3.98. The van der Waals surface area contributed by atoms with Crippen molar-refractivity contribution in [2.45, 2.75) is 0 Å². The van der Waals surface area contributed by atoms with Gasteiger partial charge in [0.1, 0.15) is 0 Å². The van der Waals surface area contributed by atoms with Crippen molar-refractivity contribution < 1.29 is 41.1 Å². The SMILES string of the molecule is [2H]c1c([2H])c([2H])c2c(c1[2H])-c1c([2H])c([2H])c(-n3c4c([2H])c([2H])c([2H])c([2H])c4c4c([2H])c([2H])c([2H])c([2H])c43)c([2H])c1-c1c([2H])c([2H])c([2H])c([2H])c1-c1c([2H])c([2H])c(-n3c4c([2H])c([2H])c([2H])c([2H])c4c4c([2H])c([2H])c([2H])c([2H])c43)c([2H])c1-2. The third kappa shape index (κ3) is 3.79. The maximum absolute atomic E-state index is 10.2. The van der Waals surface area contributed by atoms with Crippen molar-refractivity contribution in [1.82, 2.24) is 9.13 Å². The molecule has 2 nitrogen and oxygen atoms in total. The smallest absolute Gasteiger partial charge is 0.0652 e. The van der Waals surface area contributed by atoms with Crippen molar-refractivity contribution in [3.63, 3.8) is 0 Å². The van der Waals surface area contributed by atoms with Crippen molar-refractivity contribution in [1.29, 1.82) is 0 Å². The molecule has 0 aliphatic heterocycles. The van der Waals surface area contributed by atoms with Crippen LogP contribution >= 0.6 is 0 Å². The maximum atomic E-state index is 10.2. The summed E-state index contributed by atoms with van der Waals surface area (Å²) >= 11 is 0. The van der Waals surface area contributed by atoms with Crippen LogP contribution < -0.4 is 0 Å². The summed E-state index contributed by atoms with van der Waals surface area (Å²) in [6, 6.07) is -29.4. The molecule has 2 aromatic heterocycles. The molecule has 2 heterocycles. The Labute approximate surface area is 331 Å². The number of para-hydroxylation sites is 4. The normalized spacial score (nSPS) is 20.4. The van der Waals surface area contributed by atoms with Crippen LogP contribution in [0.5, 0.6) is 0 Å². The van der Waals surface area contributed by atoms with Gasteiger partial charge in [-0.05, 0) is 92.8 Å². The van der Waals surface area contributed by atoms with Gasteiger partial charge in [0, 0.05) is 32.9 Å². The van der Waals surface area contributed by atoms with Gasteiger partial charge in [-0.25, -0.2) is 0 Å². The summed E-state index contributed by atoms with van der Waals surface area (Å²) in [5.41, 5.74) is -11.3. The number of hydrogen-bond donors (Lipinski definition) is 0. The largest absolute Gasteiger partial charge is 0.309 e. The number of benzene rings is 8. The standard InChI is InChI=1S/C48H30N2/c1-3-15-35-33(13-1)37-27-25-31(49-45-21-9-5-17-39(45)40-18-6-10-22-46(40)49)30-44(37)36-16-4-2-14-34(36)38-28-26-32(29-43(35)38)50-47-23-11-7-19-41(47)42-20-8-12-24-48(42)50/h1-30H/i1D,2D,3D,4D,5D,6D,7D,8D,9D,10D,11D,12D,13D,14D,15D,16D,17D,18D,19D,20D,21D,22D,23D,24D,25D,26D,27D,28D,29D,30D. The highest BCUT2D eigenvalue weighted by atomic mass is 15.0. The highest BCUT2D eigenvalue weighted by molar-refractivity contribution is 6.11. The van der Waals surface area contributed by atoms with Crippen molar-refractivity contribution in [3.8, 4) is 55.9 Å². The molecule has 0 radical (unpaired) electrons. The Hall–Kier alpha value is -6.64. The molecule has 0 amide bonds. The maximum Gasteiger partial charge on any atom is 0.0652 e. The minimum atomic E-state index is -1.14. The lowest BCUT2D eigenvalue weighted by molar-refractivity contribution is 1.18. The molecule has 8 aromatic carbocycles. The second-order valence-electron chi connectivity index (χ2n) is 11.0. The Morgan fingerprint density at radius 3 is 0.860 bits per heavy atom. The van der Waals surface area contributed by atoms with Gasteiger partial charge in [-0.3, -0.25) is 0 Å². The molecule has 0 fully saturated rings. The summed E-state index contributed by atoms with van der Waals surface area (Å²) in [6.07, 6.45) is 0. The summed E-state index contributed by atoms with van der Waals surface area (Å²) in [4.78, 5) is 0. The van der Waals surface area contributed by atoms with E-state index in [-0.39, 0.29) is 0 Å². The Morgan fingerprint density at radius 2 is 0.520 bits per heavy atom. The van der Waals surface area contributed by atoms with Crippen molar-refractivity contribution >= 4 is 43.6 Å². The van der Waals surface area contributed by atoms with Crippen LogP contribution in [0, 0.1) is 0 Å². The zero-order valence-electron chi connectivity index (χ0n) is 54.9. The van der Waals surface area contributed by atoms with Crippen molar-refractivity contribution in [3.05, 3.63) is 181 Å². The first-order valence-electron chi connectivity index (χ1n) is 29.8. The molecule has 1 aliphatic rings. The van der Waals surface area contributed by atoms with Gasteiger partial charge < -0.3 is 9.13 Å². The fourth-order valence-electron chi connectivity index (χ4n) is 6.43. The number of nitrogens with zero attached hydrogens (tertiary/aromatic N) is 2. The third-order valence-corrected chi connectivity index (χ3v) is 8.49. The molecule has 0 unspecified atom stereocenters. The average molecular weight is 665 g/mol. The number of hydrogen-bond acceptors (Lipinski definition) is 0. The highest BCUT2D eigenvalue weighted by Crippen LogP contribution is 2.49. The summed E-state index contributed by atoms with van der Waals surface area (Å²) in [7, 11) is 0. The fraction of sp³-hybridized carbons (Fsp3) is 0. The molecule has 1 aliphatic carbocycles.